The van der Waals surface area contributed by atoms with Crippen molar-refractivity contribution in [2.45, 2.75) is 18.2 Å². The Morgan fingerprint density at radius 3 is 2.71 bits per heavy atom. The van der Waals surface area contributed by atoms with E-state index in [1.807, 2.05) is 13.3 Å². The summed E-state index contributed by atoms with van der Waals surface area (Å²) >= 11 is 13.4. The van der Waals surface area contributed by atoms with E-state index in [2.05, 4.69) is 9.71 Å². The van der Waals surface area contributed by atoms with Crippen LogP contribution in [0.25, 0.3) is 0 Å². The molecule has 0 atom stereocenters. The molecule has 1 radical (unpaired) electrons. The number of aromatic nitrogens is 1. The first-order chi connectivity index (χ1) is 13.3. The van der Waals surface area contributed by atoms with Crippen LogP contribution in [-0.4, -0.2) is 13.4 Å². The second-order valence-corrected chi connectivity index (χ2v) is 8.87. The predicted octanol–water partition coefficient (Wildman–Crippen LogP) is 5.95. The van der Waals surface area contributed by atoms with Gasteiger partial charge in [-0.2, -0.15) is 0 Å². The standard InChI is InChI=1S/C18H14Cl2FN2O3S2/c1-2-3-11-6-12(19)4-5-15(11)26-16-8-14(21)17(7-13(16)20)28(24,25)23-18-9-27-10-22-18/h2,4-10,23H,3H2,1H3. The first kappa shape index (κ1) is 20.9. The summed E-state index contributed by atoms with van der Waals surface area (Å²) in [6.45, 7) is 1.88. The zero-order chi connectivity index (χ0) is 20.3. The van der Waals surface area contributed by atoms with Gasteiger partial charge in [-0.25, -0.2) is 17.8 Å². The number of thiazole rings is 1. The molecule has 3 aromatic rings. The summed E-state index contributed by atoms with van der Waals surface area (Å²) in [6.07, 6.45) is 2.50. The summed E-state index contributed by atoms with van der Waals surface area (Å²) < 4.78 is 47.3. The Labute approximate surface area is 176 Å². The zero-order valence-corrected chi connectivity index (χ0v) is 17.6. The molecule has 5 nitrogen and oxygen atoms in total. The molecular weight excluding hydrogens is 446 g/mol. The molecule has 1 N–H and O–H groups in total. The highest BCUT2D eigenvalue weighted by atomic mass is 35.5. The van der Waals surface area contributed by atoms with Crippen molar-refractivity contribution in [2.24, 2.45) is 0 Å². The van der Waals surface area contributed by atoms with E-state index in [1.54, 1.807) is 18.2 Å². The Hall–Kier alpha value is -1.87. The van der Waals surface area contributed by atoms with Crippen LogP contribution in [0.5, 0.6) is 11.5 Å². The van der Waals surface area contributed by atoms with Gasteiger partial charge in [0.1, 0.15) is 22.2 Å². The van der Waals surface area contributed by atoms with Crippen LogP contribution in [0.1, 0.15) is 12.5 Å². The van der Waals surface area contributed by atoms with E-state index in [0.29, 0.717) is 17.2 Å². The fraction of sp³-hybridized carbons (Fsp3) is 0.111. The summed E-state index contributed by atoms with van der Waals surface area (Å²) in [5.41, 5.74) is 2.24. The molecule has 10 heteroatoms. The van der Waals surface area contributed by atoms with Gasteiger partial charge in [0.05, 0.1) is 10.5 Å². The van der Waals surface area contributed by atoms with Crippen molar-refractivity contribution in [1.29, 1.82) is 0 Å². The lowest BCUT2D eigenvalue weighted by molar-refractivity contribution is 0.469. The molecule has 0 saturated heterocycles. The summed E-state index contributed by atoms with van der Waals surface area (Å²) in [5.74, 6) is -0.464. The molecule has 0 amide bonds. The number of halogens is 3. The normalized spacial score (nSPS) is 11.4. The largest absolute Gasteiger partial charge is 0.455 e. The Balaban J connectivity index is 1.93. The van der Waals surface area contributed by atoms with Gasteiger partial charge in [0.2, 0.25) is 0 Å². The molecule has 0 unspecified atom stereocenters. The Morgan fingerprint density at radius 2 is 2.04 bits per heavy atom. The summed E-state index contributed by atoms with van der Waals surface area (Å²) in [6, 6.07) is 6.95. The van der Waals surface area contributed by atoms with Gasteiger partial charge >= 0.3 is 0 Å². The summed E-state index contributed by atoms with van der Waals surface area (Å²) in [4.78, 5) is 3.22. The van der Waals surface area contributed by atoms with Gasteiger partial charge in [-0.3, -0.25) is 4.72 Å². The molecule has 0 bridgehead atoms. The van der Waals surface area contributed by atoms with Gasteiger partial charge < -0.3 is 4.74 Å². The maximum atomic E-state index is 14.6. The number of benzene rings is 2. The highest BCUT2D eigenvalue weighted by Crippen LogP contribution is 2.36. The van der Waals surface area contributed by atoms with Crippen LogP contribution in [0.2, 0.25) is 10.0 Å². The van der Waals surface area contributed by atoms with Gasteiger partial charge in [0.25, 0.3) is 10.0 Å². The van der Waals surface area contributed by atoms with Crippen molar-refractivity contribution in [3.05, 3.63) is 69.1 Å². The van der Waals surface area contributed by atoms with E-state index < -0.39 is 20.7 Å². The summed E-state index contributed by atoms with van der Waals surface area (Å²) in [7, 11) is -4.19. The zero-order valence-electron chi connectivity index (χ0n) is 14.4. The van der Waals surface area contributed by atoms with Crippen LogP contribution in [0.15, 0.2) is 46.1 Å². The maximum Gasteiger partial charge on any atom is 0.266 e. The average molecular weight is 460 g/mol. The number of sulfonamides is 1. The van der Waals surface area contributed by atoms with Gasteiger partial charge in [0.15, 0.2) is 5.82 Å². The van der Waals surface area contributed by atoms with Gasteiger partial charge in [0, 0.05) is 16.5 Å². The van der Waals surface area contributed by atoms with Gasteiger partial charge in [-0.15, -0.1) is 11.3 Å². The topological polar surface area (TPSA) is 68.3 Å². The second kappa shape index (κ2) is 8.65. The van der Waals surface area contributed by atoms with E-state index in [0.717, 1.165) is 17.7 Å². The number of nitrogens with zero attached hydrogens (tertiary/aromatic N) is 1. The Morgan fingerprint density at radius 1 is 1.25 bits per heavy atom. The molecule has 0 aliphatic rings. The minimum absolute atomic E-state index is 0.00792. The third-order valence-electron chi connectivity index (χ3n) is 3.61. The van der Waals surface area contributed by atoms with E-state index in [-0.39, 0.29) is 16.6 Å². The maximum absolute atomic E-state index is 14.6. The van der Waals surface area contributed by atoms with Crippen molar-refractivity contribution in [1.82, 2.24) is 4.98 Å². The van der Waals surface area contributed by atoms with Crippen molar-refractivity contribution in [2.75, 3.05) is 4.72 Å². The van der Waals surface area contributed by atoms with Crippen molar-refractivity contribution in [3.8, 4) is 11.5 Å². The molecule has 1 aromatic heterocycles. The predicted molar refractivity (Wildman–Crippen MR) is 110 cm³/mol. The van der Waals surface area contributed by atoms with Crippen molar-refractivity contribution >= 4 is 50.4 Å². The molecule has 28 heavy (non-hydrogen) atoms. The van der Waals surface area contributed by atoms with Crippen LogP contribution >= 0.6 is 34.5 Å². The fourth-order valence-corrected chi connectivity index (χ4v) is 4.50. The molecule has 0 spiro atoms. The summed E-state index contributed by atoms with van der Waals surface area (Å²) in [5, 5.41) is 1.97. The average Bonchev–Trinajstić information content (AvgIpc) is 3.12. The lowest BCUT2D eigenvalue weighted by Crippen LogP contribution is -2.15. The monoisotopic (exact) mass is 459 g/mol. The molecule has 147 valence electrons. The van der Waals surface area contributed by atoms with E-state index in [1.165, 1.54) is 22.2 Å². The second-order valence-electron chi connectivity index (χ2n) is 5.66. The highest BCUT2D eigenvalue weighted by Gasteiger charge is 2.23. The van der Waals surface area contributed by atoms with Crippen LogP contribution in [0, 0.1) is 12.2 Å². The third-order valence-corrected chi connectivity index (χ3v) is 6.10. The van der Waals surface area contributed by atoms with Crippen LogP contribution in [0.4, 0.5) is 10.2 Å². The number of nitrogens with one attached hydrogen (secondary N) is 1. The highest BCUT2D eigenvalue weighted by molar-refractivity contribution is 7.92. The number of hydrogen-bond donors (Lipinski definition) is 1. The first-order valence-corrected chi connectivity index (χ1v) is 11.1. The number of hydrogen-bond acceptors (Lipinski definition) is 5. The van der Waals surface area contributed by atoms with E-state index in [9.17, 15) is 12.8 Å². The number of rotatable bonds is 7. The Bertz CT molecular complexity index is 1090. The van der Waals surface area contributed by atoms with Gasteiger partial charge in [-0.05, 0) is 42.7 Å². The molecule has 1 heterocycles. The van der Waals surface area contributed by atoms with Crippen LogP contribution in [-0.2, 0) is 16.4 Å². The molecule has 0 aliphatic heterocycles. The van der Waals surface area contributed by atoms with Crippen LogP contribution in [0.3, 0.4) is 0 Å². The number of ether oxygens (including phenoxy) is 1. The minimum atomic E-state index is -4.19. The van der Waals surface area contributed by atoms with E-state index in [4.69, 9.17) is 27.9 Å². The molecule has 3 rings (SSSR count). The van der Waals surface area contributed by atoms with Gasteiger partial charge in [-0.1, -0.05) is 30.1 Å². The molecule has 0 saturated carbocycles. The molecule has 0 aliphatic carbocycles. The van der Waals surface area contributed by atoms with Crippen LogP contribution < -0.4 is 9.46 Å². The quantitative estimate of drug-likeness (QED) is 0.473. The molecule has 0 fully saturated rings. The number of anilines is 1. The molecular formula is C18H14Cl2FN2O3S2. The first-order valence-electron chi connectivity index (χ1n) is 7.94. The molecule has 2 aromatic carbocycles. The van der Waals surface area contributed by atoms with Crippen molar-refractivity contribution in [3.63, 3.8) is 0 Å². The smallest absolute Gasteiger partial charge is 0.266 e. The van der Waals surface area contributed by atoms with E-state index >= 15 is 0 Å². The fourth-order valence-electron chi connectivity index (χ4n) is 2.40. The Kier molecular flexibility index (Phi) is 6.44. The lowest BCUT2D eigenvalue weighted by Gasteiger charge is -2.14. The minimum Gasteiger partial charge on any atom is -0.455 e. The third kappa shape index (κ3) is 4.75. The van der Waals surface area contributed by atoms with Crippen molar-refractivity contribution < 1.29 is 17.5 Å². The SMILES string of the molecule is C[CH]Cc1cc(Cl)ccc1Oc1cc(F)c(S(=O)(=O)Nc2cscn2)cc1Cl. The lowest BCUT2D eigenvalue weighted by atomic mass is 10.1.